The van der Waals surface area contributed by atoms with Gasteiger partial charge in [-0.05, 0) is 37.4 Å². The largest absolute Gasteiger partial charge is 0.344 e. The summed E-state index contributed by atoms with van der Waals surface area (Å²) in [4.78, 5) is 13.7. The minimum absolute atomic E-state index is 0.0457. The maximum absolute atomic E-state index is 13.4. The van der Waals surface area contributed by atoms with E-state index in [4.69, 9.17) is 0 Å². The van der Waals surface area contributed by atoms with Gasteiger partial charge in [0.15, 0.2) is 0 Å². The van der Waals surface area contributed by atoms with Crippen LogP contribution in [0.5, 0.6) is 0 Å². The molecular weight excluding hydrogens is 231 g/mol. The summed E-state index contributed by atoms with van der Waals surface area (Å²) in [7, 11) is 1.78. The fraction of sp³-hybridized carbons (Fsp3) is 0.500. The van der Waals surface area contributed by atoms with E-state index in [9.17, 15) is 9.18 Å². The summed E-state index contributed by atoms with van der Waals surface area (Å²) < 4.78 is 13.4. The van der Waals surface area contributed by atoms with Gasteiger partial charge < -0.3 is 10.2 Å². The second kappa shape index (κ2) is 5.96. The lowest BCUT2D eigenvalue weighted by atomic mass is 10.1. The first-order chi connectivity index (χ1) is 8.68. The topological polar surface area (TPSA) is 32.3 Å². The summed E-state index contributed by atoms with van der Waals surface area (Å²) >= 11 is 0. The number of likely N-dealkylation sites (N-methyl/N-ethyl adjacent to an activating group) is 1. The number of benzene rings is 1. The Balaban J connectivity index is 1.86. The van der Waals surface area contributed by atoms with E-state index in [0.29, 0.717) is 18.5 Å². The molecule has 0 radical (unpaired) electrons. The number of nitrogens with zero attached hydrogens (tertiary/aromatic N) is 1. The predicted octanol–water partition coefficient (Wildman–Crippen LogP) is 1.58. The molecule has 1 saturated heterocycles. The van der Waals surface area contributed by atoms with Gasteiger partial charge >= 0.3 is 0 Å². The minimum atomic E-state index is -0.197. The number of carbonyl (C=O) groups excluding carboxylic acids is 1. The van der Waals surface area contributed by atoms with Crippen molar-refractivity contribution in [2.45, 2.75) is 25.3 Å². The third-order valence-corrected chi connectivity index (χ3v) is 3.41. The van der Waals surface area contributed by atoms with E-state index in [-0.39, 0.29) is 17.8 Å². The van der Waals surface area contributed by atoms with Crippen LogP contribution < -0.4 is 5.32 Å². The van der Waals surface area contributed by atoms with E-state index in [0.717, 1.165) is 19.4 Å². The number of nitrogens with one attached hydrogen (secondary N) is 1. The number of hydrogen-bond donors (Lipinski definition) is 1. The van der Waals surface area contributed by atoms with Crippen LogP contribution in [0.3, 0.4) is 0 Å². The molecule has 0 spiro atoms. The molecule has 0 saturated carbocycles. The SMILES string of the molecule is CN(CCc1ccccc1F)C(=O)[C@H]1CCCN1. The summed E-state index contributed by atoms with van der Waals surface area (Å²) in [5.41, 5.74) is 0.663. The van der Waals surface area contributed by atoms with Gasteiger partial charge in [0, 0.05) is 13.6 Å². The van der Waals surface area contributed by atoms with Crippen LogP contribution in [0.1, 0.15) is 18.4 Å². The molecule has 1 N–H and O–H groups in total. The molecule has 1 aliphatic heterocycles. The number of hydrogen-bond acceptors (Lipinski definition) is 2. The van der Waals surface area contributed by atoms with Gasteiger partial charge in [-0.1, -0.05) is 18.2 Å². The monoisotopic (exact) mass is 250 g/mol. The van der Waals surface area contributed by atoms with Gasteiger partial charge in [0.25, 0.3) is 0 Å². The molecule has 2 rings (SSSR count). The molecular formula is C14H19FN2O. The summed E-state index contributed by atoms with van der Waals surface area (Å²) in [5, 5.41) is 3.18. The lowest BCUT2D eigenvalue weighted by Crippen LogP contribution is -2.42. The molecule has 0 unspecified atom stereocenters. The second-order valence-corrected chi connectivity index (χ2v) is 4.75. The van der Waals surface area contributed by atoms with Crippen molar-refractivity contribution >= 4 is 5.91 Å². The van der Waals surface area contributed by atoms with Crippen LogP contribution in [0, 0.1) is 5.82 Å². The zero-order chi connectivity index (χ0) is 13.0. The first-order valence-electron chi connectivity index (χ1n) is 6.40. The molecule has 1 fully saturated rings. The first-order valence-corrected chi connectivity index (χ1v) is 6.40. The summed E-state index contributed by atoms with van der Waals surface area (Å²) in [6, 6.07) is 6.67. The van der Waals surface area contributed by atoms with E-state index in [1.165, 1.54) is 6.07 Å². The molecule has 1 atom stereocenters. The maximum atomic E-state index is 13.4. The van der Waals surface area contributed by atoms with Crippen LogP contribution in [0.15, 0.2) is 24.3 Å². The third-order valence-electron chi connectivity index (χ3n) is 3.41. The quantitative estimate of drug-likeness (QED) is 0.880. The van der Waals surface area contributed by atoms with Gasteiger partial charge in [-0.15, -0.1) is 0 Å². The van der Waals surface area contributed by atoms with Crippen LogP contribution >= 0.6 is 0 Å². The maximum Gasteiger partial charge on any atom is 0.239 e. The number of amides is 1. The van der Waals surface area contributed by atoms with Crippen molar-refractivity contribution in [1.82, 2.24) is 10.2 Å². The van der Waals surface area contributed by atoms with Gasteiger partial charge in [0.2, 0.25) is 5.91 Å². The van der Waals surface area contributed by atoms with E-state index in [1.54, 1.807) is 24.1 Å². The highest BCUT2D eigenvalue weighted by atomic mass is 19.1. The lowest BCUT2D eigenvalue weighted by molar-refractivity contribution is -0.131. The third kappa shape index (κ3) is 3.07. The molecule has 1 aromatic rings. The predicted molar refractivity (Wildman–Crippen MR) is 68.8 cm³/mol. The van der Waals surface area contributed by atoms with Gasteiger partial charge in [-0.25, -0.2) is 4.39 Å². The van der Waals surface area contributed by atoms with Crippen LogP contribution in [-0.2, 0) is 11.2 Å². The second-order valence-electron chi connectivity index (χ2n) is 4.75. The minimum Gasteiger partial charge on any atom is -0.344 e. The van der Waals surface area contributed by atoms with Crippen LogP contribution in [0.4, 0.5) is 4.39 Å². The van der Waals surface area contributed by atoms with Gasteiger partial charge in [0.1, 0.15) is 5.82 Å². The Labute approximate surface area is 107 Å². The summed E-state index contributed by atoms with van der Waals surface area (Å²) in [6.45, 7) is 1.47. The van der Waals surface area contributed by atoms with E-state index in [2.05, 4.69) is 5.32 Å². The fourth-order valence-corrected chi connectivity index (χ4v) is 2.26. The molecule has 3 nitrogen and oxygen atoms in total. The standard InChI is InChI=1S/C14H19FN2O/c1-17(14(18)13-7-4-9-16-13)10-8-11-5-2-3-6-12(11)15/h2-3,5-6,13,16H,4,7-10H2,1H3/t13-/m1/s1. The average molecular weight is 250 g/mol. The Hall–Kier alpha value is -1.42. The number of carbonyl (C=O) groups is 1. The molecule has 1 aliphatic rings. The molecule has 18 heavy (non-hydrogen) atoms. The van der Waals surface area contributed by atoms with Crippen molar-refractivity contribution in [3.8, 4) is 0 Å². The zero-order valence-corrected chi connectivity index (χ0v) is 10.7. The van der Waals surface area contributed by atoms with Crippen molar-refractivity contribution in [3.05, 3.63) is 35.6 Å². The van der Waals surface area contributed by atoms with Crippen molar-refractivity contribution in [2.24, 2.45) is 0 Å². The Morgan fingerprint density at radius 1 is 1.50 bits per heavy atom. The van der Waals surface area contributed by atoms with Crippen molar-refractivity contribution < 1.29 is 9.18 Å². The molecule has 0 bridgehead atoms. The highest BCUT2D eigenvalue weighted by Gasteiger charge is 2.24. The Morgan fingerprint density at radius 2 is 2.28 bits per heavy atom. The van der Waals surface area contributed by atoms with E-state index >= 15 is 0 Å². The number of halogens is 1. The lowest BCUT2D eigenvalue weighted by Gasteiger charge is -2.21. The molecule has 1 heterocycles. The highest BCUT2D eigenvalue weighted by molar-refractivity contribution is 5.81. The smallest absolute Gasteiger partial charge is 0.239 e. The average Bonchev–Trinajstić information content (AvgIpc) is 2.90. The van der Waals surface area contributed by atoms with Crippen molar-refractivity contribution in [2.75, 3.05) is 20.1 Å². The van der Waals surface area contributed by atoms with Crippen LogP contribution in [0.2, 0.25) is 0 Å². The highest BCUT2D eigenvalue weighted by Crippen LogP contribution is 2.10. The Bertz CT molecular complexity index is 416. The van der Waals surface area contributed by atoms with Crippen molar-refractivity contribution in [1.29, 1.82) is 0 Å². The normalized spacial score (nSPS) is 18.9. The molecule has 98 valence electrons. The van der Waals surface area contributed by atoms with Crippen molar-refractivity contribution in [3.63, 3.8) is 0 Å². The molecule has 0 aliphatic carbocycles. The van der Waals surface area contributed by atoms with E-state index < -0.39 is 0 Å². The van der Waals surface area contributed by atoms with Crippen LogP contribution in [0.25, 0.3) is 0 Å². The first kappa shape index (κ1) is 13.0. The molecule has 1 aromatic carbocycles. The Kier molecular flexibility index (Phi) is 4.31. The summed E-state index contributed by atoms with van der Waals surface area (Å²) in [6.07, 6.45) is 2.52. The molecule has 1 amide bonds. The molecule has 4 heteroatoms. The Morgan fingerprint density at radius 3 is 2.94 bits per heavy atom. The number of rotatable bonds is 4. The van der Waals surface area contributed by atoms with Gasteiger partial charge in [-0.3, -0.25) is 4.79 Å². The van der Waals surface area contributed by atoms with E-state index in [1.807, 2.05) is 6.07 Å². The summed E-state index contributed by atoms with van der Waals surface area (Å²) in [5.74, 6) is -0.0822. The zero-order valence-electron chi connectivity index (χ0n) is 10.7. The fourth-order valence-electron chi connectivity index (χ4n) is 2.26. The van der Waals surface area contributed by atoms with Crippen LogP contribution in [-0.4, -0.2) is 37.0 Å². The van der Waals surface area contributed by atoms with Gasteiger partial charge in [-0.2, -0.15) is 0 Å². The molecule has 0 aromatic heterocycles. The van der Waals surface area contributed by atoms with Gasteiger partial charge in [0.05, 0.1) is 6.04 Å².